The summed E-state index contributed by atoms with van der Waals surface area (Å²) in [4.78, 5) is 2.36. The summed E-state index contributed by atoms with van der Waals surface area (Å²) in [6, 6.07) is 0.610. The molecule has 0 amide bonds. The lowest BCUT2D eigenvalue weighted by Gasteiger charge is -2.35. The van der Waals surface area contributed by atoms with E-state index in [1.165, 1.54) is 6.42 Å². The van der Waals surface area contributed by atoms with Crippen LogP contribution in [0.25, 0.3) is 0 Å². The van der Waals surface area contributed by atoms with Gasteiger partial charge in [0.1, 0.15) is 0 Å². The predicted octanol–water partition coefficient (Wildman–Crippen LogP) is 1.36. The maximum Gasteiger partial charge on any atom is 0.0669 e. The van der Waals surface area contributed by atoms with Gasteiger partial charge in [0, 0.05) is 38.8 Å². The molecule has 0 aliphatic carbocycles. The molecular formula is C14H30N2O2. The van der Waals surface area contributed by atoms with Gasteiger partial charge in [0.2, 0.25) is 0 Å². The van der Waals surface area contributed by atoms with Gasteiger partial charge in [-0.15, -0.1) is 0 Å². The van der Waals surface area contributed by atoms with Crippen LogP contribution in [0.5, 0.6) is 0 Å². The lowest BCUT2D eigenvalue weighted by molar-refractivity contribution is 0.0115. The molecule has 1 aliphatic rings. The highest BCUT2D eigenvalue weighted by molar-refractivity contribution is 4.81. The van der Waals surface area contributed by atoms with Crippen LogP contribution in [0.3, 0.4) is 0 Å². The molecule has 0 aromatic carbocycles. The zero-order chi connectivity index (χ0) is 13.4. The van der Waals surface area contributed by atoms with E-state index >= 15 is 0 Å². The zero-order valence-corrected chi connectivity index (χ0v) is 12.4. The first-order valence-electron chi connectivity index (χ1n) is 7.19. The van der Waals surface area contributed by atoms with E-state index in [0.717, 1.165) is 39.3 Å². The average molecular weight is 258 g/mol. The second-order valence-corrected chi connectivity index (χ2v) is 5.45. The van der Waals surface area contributed by atoms with Crippen LogP contribution in [-0.2, 0) is 9.47 Å². The first kappa shape index (κ1) is 15.9. The Bertz CT molecular complexity index is 214. The Kier molecular flexibility index (Phi) is 7.82. The molecule has 0 spiro atoms. The molecular weight excluding hydrogens is 228 g/mol. The van der Waals surface area contributed by atoms with Gasteiger partial charge in [-0.25, -0.2) is 0 Å². The van der Waals surface area contributed by atoms with E-state index in [4.69, 9.17) is 9.47 Å². The third kappa shape index (κ3) is 5.65. The molecule has 1 rings (SSSR count). The molecule has 1 N–H and O–H groups in total. The monoisotopic (exact) mass is 258 g/mol. The van der Waals surface area contributed by atoms with Gasteiger partial charge in [0.15, 0.2) is 0 Å². The highest BCUT2D eigenvalue weighted by Crippen LogP contribution is 2.16. The van der Waals surface area contributed by atoms with Crippen molar-refractivity contribution in [1.29, 1.82) is 0 Å². The van der Waals surface area contributed by atoms with E-state index in [9.17, 15) is 0 Å². The largest absolute Gasteiger partial charge is 0.381 e. The molecule has 4 nitrogen and oxygen atoms in total. The lowest BCUT2D eigenvalue weighted by Crippen LogP contribution is -2.48. The van der Waals surface area contributed by atoms with Crippen LogP contribution in [0.2, 0.25) is 0 Å². The predicted molar refractivity (Wildman–Crippen MR) is 75.0 cm³/mol. The Morgan fingerprint density at radius 2 is 2.28 bits per heavy atom. The molecule has 0 aromatic heterocycles. The fourth-order valence-corrected chi connectivity index (χ4v) is 2.56. The van der Waals surface area contributed by atoms with E-state index in [1.807, 2.05) is 0 Å². The molecule has 0 radical (unpaired) electrons. The molecule has 0 aromatic rings. The van der Waals surface area contributed by atoms with Gasteiger partial charge in [0.05, 0.1) is 12.7 Å². The molecule has 1 heterocycles. The fourth-order valence-electron chi connectivity index (χ4n) is 2.56. The average Bonchev–Trinajstić information content (AvgIpc) is 2.37. The van der Waals surface area contributed by atoms with Gasteiger partial charge in [-0.2, -0.15) is 0 Å². The molecule has 1 fully saturated rings. The van der Waals surface area contributed by atoms with Gasteiger partial charge in [-0.3, -0.25) is 0 Å². The van der Waals surface area contributed by atoms with Gasteiger partial charge < -0.3 is 19.7 Å². The Morgan fingerprint density at radius 3 is 2.94 bits per heavy atom. The maximum atomic E-state index is 5.63. The number of methoxy groups -OCH3 is 1. The number of nitrogens with one attached hydrogen (secondary N) is 1. The quantitative estimate of drug-likeness (QED) is 0.713. The summed E-state index contributed by atoms with van der Waals surface area (Å²) in [6.07, 6.45) is 2.63. The summed E-state index contributed by atoms with van der Waals surface area (Å²) >= 11 is 0. The minimum atomic E-state index is 0.293. The summed E-state index contributed by atoms with van der Waals surface area (Å²) in [5, 5.41) is 3.66. The summed E-state index contributed by atoms with van der Waals surface area (Å²) < 4.78 is 10.9. The van der Waals surface area contributed by atoms with Crippen LogP contribution in [0.1, 0.15) is 26.7 Å². The van der Waals surface area contributed by atoms with Gasteiger partial charge in [-0.05, 0) is 33.4 Å². The molecule has 18 heavy (non-hydrogen) atoms. The summed E-state index contributed by atoms with van der Waals surface area (Å²) in [5.74, 6) is 0.597. The molecule has 108 valence electrons. The molecule has 3 unspecified atom stereocenters. The Hall–Kier alpha value is -0.160. The summed E-state index contributed by atoms with van der Waals surface area (Å²) in [7, 11) is 3.94. The number of hydrogen-bond acceptors (Lipinski definition) is 4. The molecule has 0 bridgehead atoms. The second-order valence-electron chi connectivity index (χ2n) is 5.45. The van der Waals surface area contributed by atoms with Crippen LogP contribution in [-0.4, -0.2) is 64.1 Å². The third-order valence-corrected chi connectivity index (χ3v) is 3.65. The standard InChI is InChI=1S/C14H30N2O2/c1-5-7-15-14-6-8-18-11-13(14)10-16(3)9-12(2)17-4/h12-15H,5-11H2,1-4H3. The Balaban J connectivity index is 2.35. The van der Waals surface area contributed by atoms with Gasteiger partial charge in [0.25, 0.3) is 0 Å². The normalized spacial score (nSPS) is 26.5. The number of rotatable bonds is 8. The van der Waals surface area contributed by atoms with E-state index in [-0.39, 0.29) is 0 Å². The van der Waals surface area contributed by atoms with Crippen molar-refractivity contribution >= 4 is 0 Å². The molecule has 3 atom stereocenters. The third-order valence-electron chi connectivity index (χ3n) is 3.65. The smallest absolute Gasteiger partial charge is 0.0669 e. The van der Waals surface area contributed by atoms with Crippen molar-refractivity contribution in [2.45, 2.75) is 38.8 Å². The van der Waals surface area contributed by atoms with E-state index < -0.39 is 0 Å². The number of ether oxygens (including phenoxy) is 2. The number of nitrogens with zero attached hydrogens (tertiary/aromatic N) is 1. The first-order valence-corrected chi connectivity index (χ1v) is 7.19. The maximum absolute atomic E-state index is 5.63. The molecule has 0 saturated carbocycles. The molecule has 1 saturated heterocycles. The Morgan fingerprint density at radius 1 is 1.50 bits per heavy atom. The van der Waals surface area contributed by atoms with Gasteiger partial charge in [-0.1, -0.05) is 6.92 Å². The van der Waals surface area contributed by atoms with Crippen molar-refractivity contribution in [2.75, 3.05) is 47.0 Å². The van der Waals surface area contributed by atoms with Crippen molar-refractivity contribution < 1.29 is 9.47 Å². The van der Waals surface area contributed by atoms with Crippen molar-refractivity contribution in [3.63, 3.8) is 0 Å². The lowest BCUT2D eigenvalue weighted by atomic mass is 9.95. The molecule has 1 aliphatic heterocycles. The van der Waals surface area contributed by atoms with Crippen molar-refractivity contribution in [3.05, 3.63) is 0 Å². The second kappa shape index (κ2) is 8.86. The summed E-state index contributed by atoms with van der Waals surface area (Å²) in [5.41, 5.74) is 0. The minimum Gasteiger partial charge on any atom is -0.381 e. The zero-order valence-electron chi connectivity index (χ0n) is 12.4. The molecule has 4 heteroatoms. The van der Waals surface area contributed by atoms with Crippen LogP contribution >= 0.6 is 0 Å². The summed E-state index contributed by atoms with van der Waals surface area (Å²) in [6.45, 7) is 9.28. The Labute approximate surface area is 112 Å². The van der Waals surface area contributed by atoms with Crippen molar-refractivity contribution in [2.24, 2.45) is 5.92 Å². The van der Waals surface area contributed by atoms with Crippen molar-refractivity contribution in [3.8, 4) is 0 Å². The van der Waals surface area contributed by atoms with E-state index in [0.29, 0.717) is 18.1 Å². The van der Waals surface area contributed by atoms with Crippen LogP contribution < -0.4 is 5.32 Å². The fraction of sp³-hybridized carbons (Fsp3) is 1.00. The van der Waals surface area contributed by atoms with Crippen LogP contribution in [0.4, 0.5) is 0 Å². The minimum absolute atomic E-state index is 0.293. The van der Waals surface area contributed by atoms with Crippen LogP contribution in [0.15, 0.2) is 0 Å². The highest BCUT2D eigenvalue weighted by Gasteiger charge is 2.26. The highest BCUT2D eigenvalue weighted by atomic mass is 16.5. The van der Waals surface area contributed by atoms with Crippen LogP contribution in [0, 0.1) is 5.92 Å². The topological polar surface area (TPSA) is 33.7 Å². The van der Waals surface area contributed by atoms with Crippen molar-refractivity contribution in [1.82, 2.24) is 10.2 Å². The number of likely N-dealkylation sites (N-methyl/N-ethyl adjacent to an activating group) is 1. The SMILES string of the molecule is CCCNC1CCOCC1CN(C)CC(C)OC. The first-order chi connectivity index (χ1) is 8.67. The van der Waals surface area contributed by atoms with Gasteiger partial charge >= 0.3 is 0 Å². The van der Waals surface area contributed by atoms with E-state index in [1.54, 1.807) is 7.11 Å². The number of hydrogen-bond donors (Lipinski definition) is 1. The van der Waals surface area contributed by atoms with E-state index in [2.05, 4.69) is 31.1 Å².